The first-order valence-electron chi connectivity index (χ1n) is 2.02. The van der Waals surface area contributed by atoms with E-state index in [4.69, 9.17) is 0 Å². The normalized spacial score (nSPS) is 12.9. The number of carbonyl (C=O) groups excluding carboxylic acids is 1. The smallest absolute Gasteiger partial charge is 0.196 e. The zero-order chi connectivity index (χ0) is 6.41. The summed E-state index contributed by atoms with van der Waals surface area (Å²) in [5.74, 6) is 8.05. The van der Waals surface area contributed by atoms with Gasteiger partial charge >= 0.3 is 0 Å². The highest BCUT2D eigenvalue weighted by Crippen LogP contribution is 1.71. The second kappa shape index (κ2) is 7.02. The van der Waals surface area contributed by atoms with Gasteiger partial charge < -0.3 is 10.9 Å². The van der Waals surface area contributed by atoms with Gasteiger partial charge in [-0.15, -0.1) is 0 Å². The molecule has 1 rings (SSSR count). The lowest BCUT2D eigenvalue weighted by molar-refractivity contribution is -0.111. The zero-order valence-corrected chi connectivity index (χ0v) is 4.79. The molecule has 0 unspecified atom stereocenters. The van der Waals surface area contributed by atoms with Crippen molar-refractivity contribution in [1.29, 1.82) is 0 Å². The molecule has 0 saturated carbocycles. The van der Waals surface area contributed by atoms with Crippen LogP contribution in [0.15, 0.2) is 5.10 Å². The predicted octanol–water partition coefficient (Wildman–Crippen LogP) is -2.86. The fraction of sp³-hybridized carbons (Fsp3) is 0.333. The minimum atomic E-state index is 0. The van der Waals surface area contributed by atoms with Crippen molar-refractivity contribution in [1.82, 2.24) is 5.43 Å². The van der Waals surface area contributed by atoms with Crippen LogP contribution < -0.4 is 17.1 Å². The third kappa shape index (κ3) is 4.88. The Hall–Kier alpha value is -0.980. The van der Waals surface area contributed by atoms with Crippen molar-refractivity contribution in [2.24, 2.45) is 16.8 Å². The Morgan fingerprint density at radius 1 is 1.67 bits per heavy atom. The first-order valence-corrected chi connectivity index (χ1v) is 2.02. The third-order valence-electron chi connectivity index (χ3n) is 0.553. The number of ketones is 1. The summed E-state index contributed by atoms with van der Waals surface area (Å²) in [7, 11) is 0. The van der Waals surface area contributed by atoms with Gasteiger partial charge in [0.2, 0.25) is 0 Å². The molecule has 0 aromatic rings. The molecule has 0 radical (unpaired) electrons. The van der Waals surface area contributed by atoms with E-state index in [1.165, 1.54) is 6.21 Å². The maximum atomic E-state index is 10.0. The Morgan fingerprint density at radius 2 is 2.22 bits per heavy atom. The first kappa shape index (κ1) is 10.9. The van der Waals surface area contributed by atoms with Gasteiger partial charge in [-0.3, -0.25) is 16.5 Å². The molecule has 0 bridgehead atoms. The molecule has 1 heterocycles. The molecule has 0 amide bonds. The molecule has 1 aliphatic heterocycles. The van der Waals surface area contributed by atoms with Crippen LogP contribution in [0.4, 0.5) is 0 Å². The average molecular weight is 134 g/mol. The van der Waals surface area contributed by atoms with E-state index >= 15 is 0 Å². The average Bonchev–Trinajstić information content (AvgIpc) is 2.24. The summed E-state index contributed by atoms with van der Waals surface area (Å²) < 4.78 is 0. The standard InChI is InChI=1S/C3H4N2O.H4N2.H2O/c6-3-1-4-5-2-3;1-2;/h1,5H,2H2;1-2H2;1H2. The van der Waals surface area contributed by atoms with E-state index in [1.807, 2.05) is 0 Å². The van der Waals surface area contributed by atoms with Gasteiger partial charge in [0, 0.05) is 0 Å². The topological polar surface area (TPSA) is 125 Å². The highest BCUT2D eigenvalue weighted by atomic mass is 16.1. The maximum absolute atomic E-state index is 10.0. The molecule has 0 spiro atoms. The molecule has 0 aromatic carbocycles. The van der Waals surface area contributed by atoms with Crippen LogP contribution in [0.25, 0.3) is 0 Å². The molecular formula is C3H10N4O2. The number of nitrogens with one attached hydrogen (secondary N) is 1. The quantitative estimate of drug-likeness (QED) is 0.243. The molecule has 0 atom stereocenters. The van der Waals surface area contributed by atoms with E-state index in [0.717, 1.165) is 0 Å². The van der Waals surface area contributed by atoms with Crippen molar-refractivity contribution < 1.29 is 10.3 Å². The van der Waals surface area contributed by atoms with Crippen molar-refractivity contribution >= 4 is 12.0 Å². The third-order valence-corrected chi connectivity index (χ3v) is 0.553. The van der Waals surface area contributed by atoms with Crippen LogP contribution in [0.2, 0.25) is 0 Å². The van der Waals surface area contributed by atoms with Crippen molar-refractivity contribution in [3.63, 3.8) is 0 Å². The number of nitrogens with two attached hydrogens (primary N) is 2. The summed E-state index contributed by atoms with van der Waals surface area (Å²) in [6.07, 6.45) is 1.28. The number of rotatable bonds is 0. The lowest BCUT2D eigenvalue weighted by Crippen LogP contribution is -2.07. The first-order chi connectivity index (χ1) is 3.89. The lowest BCUT2D eigenvalue weighted by atomic mass is 10.5. The van der Waals surface area contributed by atoms with Crippen LogP contribution in [-0.2, 0) is 4.79 Å². The van der Waals surface area contributed by atoms with Crippen LogP contribution >= 0.6 is 0 Å². The highest BCUT2D eigenvalue weighted by molar-refractivity contribution is 6.29. The zero-order valence-electron chi connectivity index (χ0n) is 4.79. The summed E-state index contributed by atoms with van der Waals surface area (Å²) >= 11 is 0. The molecule has 0 saturated heterocycles. The van der Waals surface area contributed by atoms with E-state index in [1.54, 1.807) is 0 Å². The summed E-state index contributed by atoms with van der Waals surface area (Å²) in [5, 5.41) is 3.44. The van der Waals surface area contributed by atoms with Gasteiger partial charge in [0.25, 0.3) is 0 Å². The van der Waals surface area contributed by atoms with Gasteiger partial charge in [0.15, 0.2) is 5.78 Å². The molecule has 9 heavy (non-hydrogen) atoms. The number of hydrazone groups is 1. The molecule has 0 aliphatic carbocycles. The summed E-state index contributed by atoms with van der Waals surface area (Å²) in [6, 6.07) is 0. The lowest BCUT2D eigenvalue weighted by Gasteiger charge is -1.75. The van der Waals surface area contributed by atoms with E-state index in [-0.39, 0.29) is 11.3 Å². The molecule has 0 aromatic heterocycles. The Labute approximate surface area is 52.2 Å². The fourth-order valence-electron chi connectivity index (χ4n) is 0.287. The number of hydrogen-bond acceptors (Lipinski definition) is 5. The van der Waals surface area contributed by atoms with Crippen LogP contribution in [-0.4, -0.2) is 24.0 Å². The van der Waals surface area contributed by atoms with E-state index < -0.39 is 0 Å². The largest absolute Gasteiger partial charge is 0.412 e. The van der Waals surface area contributed by atoms with Gasteiger partial charge in [-0.1, -0.05) is 0 Å². The van der Waals surface area contributed by atoms with Crippen LogP contribution in [0.5, 0.6) is 0 Å². The Morgan fingerprint density at radius 3 is 2.33 bits per heavy atom. The summed E-state index contributed by atoms with van der Waals surface area (Å²) in [4.78, 5) is 10.0. The number of Topliss-reactive ketones (excluding diaryl/α,β-unsaturated/α-hetero) is 1. The molecular weight excluding hydrogens is 124 g/mol. The van der Waals surface area contributed by atoms with Gasteiger partial charge in [-0.2, -0.15) is 5.10 Å². The molecule has 1 aliphatic rings. The van der Waals surface area contributed by atoms with Crippen molar-refractivity contribution in [2.75, 3.05) is 6.54 Å². The SMILES string of the molecule is NN.O.O=C1C=NNC1. The van der Waals surface area contributed by atoms with Crippen molar-refractivity contribution in [2.45, 2.75) is 0 Å². The van der Waals surface area contributed by atoms with Gasteiger partial charge in [0.05, 0.1) is 12.8 Å². The second-order valence-corrected chi connectivity index (χ2v) is 1.06. The Kier molecular flexibility index (Phi) is 8.51. The number of hydrazine groups is 1. The molecule has 54 valence electrons. The molecule has 6 nitrogen and oxygen atoms in total. The molecule has 0 fully saturated rings. The van der Waals surface area contributed by atoms with Crippen molar-refractivity contribution in [3.8, 4) is 0 Å². The number of nitrogens with zero attached hydrogens (tertiary/aromatic N) is 1. The van der Waals surface area contributed by atoms with Crippen LogP contribution in [0.3, 0.4) is 0 Å². The number of carbonyl (C=O) groups is 1. The second-order valence-electron chi connectivity index (χ2n) is 1.06. The Balaban J connectivity index is 0. The fourth-order valence-corrected chi connectivity index (χ4v) is 0.287. The highest BCUT2D eigenvalue weighted by Gasteiger charge is 1.98. The molecule has 6 heteroatoms. The van der Waals surface area contributed by atoms with E-state index in [2.05, 4.69) is 22.2 Å². The van der Waals surface area contributed by atoms with Crippen molar-refractivity contribution in [3.05, 3.63) is 0 Å². The summed E-state index contributed by atoms with van der Waals surface area (Å²) in [6.45, 7) is 0.375. The minimum Gasteiger partial charge on any atom is -0.412 e. The van der Waals surface area contributed by atoms with Crippen LogP contribution in [0, 0.1) is 0 Å². The monoisotopic (exact) mass is 134 g/mol. The Bertz CT molecular complexity index is 102. The predicted molar refractivity (Wildman–Crippen MR) is 33.5 cm³/mol. The van der Waals surface area contributed by atoms with Gasteiger partial charge in [0.1, 0.15) is 0 Å². The van der Waals surface area contributed by atoms with Gasteiger partial charge in [-0.05, 0) is 0 Å². The van der Waals surface area contributed by atoms with Gasteiger partial charge in [-0.25, -0.2) is 0 Å². The maximum Gasteiger partial charge on any atom is 0.196 e. The minimum absolute atomic E-state index is 0. The molecule has 7 N–H and O–H groups in total. The van der Waals surface area contributed by atoms with E-state index in [9.17, 15) is 4.79 Å². The van der Waals surface area contributed by atoms with E-state index in [0.29, 0.717) is 6.54 Å². The van der Waals surface area contributed by atoms with Crippen LogP contribution in [0.1, 0.15) is 0 Å². The summed E-state index contributed by atoms with van der Waals surface area (Å²) in [5.41, 5.74) is 2.49. The number of hydrogen-bond donors (Lipinski definition) is 3.